The highest BCUT2D eigenvalue weighted by Crippen LogP contribution is 2.37. The van der Waals surface area contributed by atoms with Crippen molar-refractivity contribution >= 4 is 39.1 Å². The van der Waals surface area contributed by atoms with Gasteiger partial charge in [-0.1, -0.05) is 71.8 Å². The van der Waals surface area contributed by atoms with E-state index in [2.05, 4.69) is 5.32 Å². The first kappa shape index (κ1) is 36.1. The van der Waals surface area contributed by atoms with E-state index in [1.54, 1.807) is 13.0 Å². The van der Waals surface area contributed by atoms with Gasteiger partial charge in [0.25, 0.3) is 10.0 Å². The Morgan fingerprint density at radius 3 is 2.12 bits per heavy atom. The summed E-state index contributed by atoms with van der Waals surface area (Å²) in [5.74, 6) is -0.296. The predicted molar refractivity (Wildman–Crippen MR) is 186 cm³/mol. The van der Waals surface area contributed by atoms with Crippen LogP contribution in [-0.2, 0) is 32.6 Å². The maximum Gasteiger partial charge on any atom is 0.265 e. The van der Waals surface area contributed by atoms with Crippen LogP contribution in [0.2, 0.25) is 5.02 Å². The fraction of sp³-hybridized carbons (Fsp3) is 0.278. The van der Waals surface area contributed by atoms with Gasteiger partial charge in [-0.25, -0.2) is 8.42 Å². The Morgan fingerprint density at radius 1 is 0.812 bits per heavy atom. The Hall–Kier alpha value is -4.74. The molecule has 0 aliphatic carbocycles. The normalized spacial score (nSPS) is 11.7. The summed E-state index contributed by atoms with van der Waals surface area (Å²) in [4.78, 5) is 29.6. The van der Waals surface area contributed by atoms with Crippen LogP contribution in [0, 0.1) is 6.92 Å². The summed E-state index contributed by atoms with van der Waals surface area (Å²) in [5.41, 5.74) is 2.63. The molecule has 2 amide bonds. The number of halogens is 1. The van der Waals surface area contributed by atoms with Crippen molar-refractivity contribution in [3.8, 4) is 17.2 Å². The van der Waals surface area contributed by atoms with Crippen molar-refractivity contribution in [3.05, 3.63) is 113 Å². The summed E-state index contributed by atoms with van der Waals surface area (Å²) in [5, 5.41) is 3.09. The lowest BCUT2D eigenvalue weighted by atomic mass is 10.0. The molecule has 0 saturated heterocycles. The number of carbonyl (C=O) groups excluding carboxylic acids is 2. The molecule has 0 unspecified atom stereocenters. The lowest BCUT2D eigenvalue weighted by Gasteiger charge is -2.34. The molecule has 0 fully saturated rings. The molecular formula is C36H40ClN3O7S. The van der Waals surface area contributed by atoms with Crippen LogP contribution >= 0.6 is 11.6 Å². The second-order valence-electron chi connectivity index (χ2n) is 11.0. The van der Waals surface area contributed by atoms with Crippen molar-refractivity contribution in [2.75, 3.05) is 38.7 Å². The lowest BCUT2D eigenvalue weighted by Crippen LogP contribution is -2.53. The minimum atomic E-state index is -4.47. The smallest absolute Gasteiger partial charge is 0.265 e. The molecule has 1 atom stereocenters. The molecule has 4 rings (SSSR count). The number of ether oxygens (including phenoxy) is 3. The van der Waals surface area contributed by atoms with Gasteiger partial charge in [0, 0.05) is 30.6 Å². The topological polar surface area (TPSA) is 114 Å². The monoisotopic (exact) mass is 693 g/mol. The second-order valence-corrected chi connectivity index (χ2v) is 13.3. The largest absolute Gasteiger partial charge is 0.495 e. The van der Waals surface area contributed by atoms with E-state index in [1.165, 1.54) is 56.6 Å². The highest BCUT2D eigenvalue weighted by molar-refractivity contribution is 7.92. The number of benzene rings is 4. The Labute approximate surface area is 287 Å². The maximum atomic E-state index is 14.7. The number of carbonyl (C=O) groups is 2. The third-order valence-electron chi connectivity index (χ3n) is 7.69. The van der Waals surface area contributed by atoms with E-state index < -0.39 is 28.5 Å². The van der Waals surface area contributed by atoms with E-state index in [4.69, 9.17) is 25.8 Å². The molecule has 0 radical (unpaired) electrons. The van der Waals surface area contributed by atoms with Crippen LogP contribution in [0.1, 0.15) is 23.6 Å². The van der Waals surface area contributed by atoms with E-state index in [0.717, 1.165) is 21.0 Å². The first-order chi connectivity index (χ1) is 23.0. The fourth-order valence-corrected chi connectivity index (χ4v) is 6.93. The highest BCUT2D eigenvalue weighted by Gasteiger charge is 2.36. The number of nitrogens with zero attached hydrogens (tertiary/aromatic N) is 2. The number of aryl methyl sites for hydroxylation is 1. The van der Waals surface area contributed by atoms with Crippen LogP contribution < -0.4 is 23.8 Å². The summed E-state index contributed by atoms with van der Waals surface area (Å²) in [6, 6.07) is 24.6. The second kappa shape index (κ2) is 16.4. The molecule has 0 aromatic heterocycles. The van der Waals surface area contributed by atoms with Gasteiger partial charge in [0.1, 0.15) is 18.3 Å². The summed E-state index contributed by atoms with van der Waals surface area (Å²) >= 11 is 6.38. The van der Waals surface area contributed by atoms with Crippen LogP contribution in [0.25, 0.3) is 0 Å². The van der Waals surface area contributed by atoms with Gasteiger partial charge in [-0.3, -0.25) is 13.9 Å². The zero-order chi connectivity index (χ0) is 34.8. The van der Waals surface area contributed by atoms with Gasteiger partial charge < -0.3 is 24.4 Å². The molecule has 0 saturated carbocycles. The van der Waals surface area contributed by atoms with Crippen molar-refractivity contribution in [3.63, 3.8) is 0 Å². The average molecular weight is 694 g/mol. The number of anilines is 1. The molecule has 4 aromatic carbocycles. The predicted octanol–water partition coefficient (Wildman–Crippen LogP) is 5.65. The zero-order valence-electron chi connectivity index (χ0n) is 27.6. The van der Waals surface area contributed by atoms with Gasteiger partial charge in [0.2, 0.25) is 11.8 Å². The van der Waals surface area contributed by atoms with Crippen molar-refractivity contribution in [2.45, 2.75) is 37.8 Å². The van der Waals surface area contributed by atoms with Crippen LogP contribution in [0.15, 0.2) is 95.9 Å². The van der Waals surface area contributed by atoms with Crippen LogP contribution in [0.4, 0.5) is 5.69 Å². The van der Waals surface area contributed by atoms with Crippen molar-refractivity contribution in [1.82, 2.24) is 10.2 Å². The van der Waals surface area contributed by atoms with Gasteiger partial charge in [0.05, 0.1) is 31.9 Å². The first-order valence-electron chi connectivity index (χ1n) is 15.3. The summed E-state index contributed by atoms with van der Waals surface area (Å²) in [7, 11) is -0.242. The Morgan fingerprint density at radius 2 is 1.48 bits per heavy atom. The lowest BCUT2D eigenvalue weighted by molar-refractivity contribution is -0.140. The molecular weight excluding hydrogens is 654 g/mol. The van der Waals surface area contributed by atoms with Crippen LogP contribution in [-0.4, -0.2) is 65.6 Å². The van der Waals surface area contributed by atoms with Gasteiger partial charge in [-0.05, 0) is 55.3 Å². The molecule has 0 aliphatic heterocycles. The number of sulfonamides is 1. The van der Waals surface area contributed by atoms with Gasteiger partial charge >= 0.3 is 0 Å². The minimum Gasteiger partial charge on any atom is -0.495 e. The molecule has 12 heteroatoms. The van der Waals surface area contributed by atoms with Crippen molar-refractivity contribution in [1.29, 1.82) is 0 Å². The SMILES string of the molecule is CCNC(=O)[C@@H](Cc1ccccc1)N(Cc1cccc(C)c1)C(=O)CN(c1cc(Cl)ccc1OC)S(=O)(=O)c1ccc(OC)c(OC)c1. The third kappa shape index (κ3) is 8.59. The molecule has 48 heavy (non-hydrogen) atoms. The number of rotatable bonds is 15. The molecule has 1 N–H and O–H groups in total. The Balaban J connectivity index is 1.88. The maximum absolute atomic E-state index is 14.7. The van der Waals surface area contributed by atoms with Crippen LogP contribution in [0.3, 0.4) is 0 Å². The highest BCUT2D eigenvalue weighted by atomic mass is 35.5. The molecule has 4 aromatic rings. The number of hydrogen-bond donors (Lipinski definition) is 1. The Bertz CT molecular complexity index is 1840. The fourth-order valence-electron chi connectivity index (χ4n) is 5.33. The van der Waals surface area contributed by atoms with Gasteiger partial charge in [-0.2, -0.15) is 0 Å². The third-order valence-corrected chi connectivity index (χ3v) is 9.68. The number of methoxy groups -OCH3 is 3. The van der Waals surface area contributed by atoms with Crippen molar-refractivity contribution in [2.24, 2.45) is 0 Å². The average Bonchev–Trinajstić information content (AvgIpc) is 3.08. The van der Waals surface area contributed by atoms with E-state index in [9.17, 15) is 18.0 Å². The van der Waals surface area contributed by atoms with Gasteiger partial charge in [0.15, 0.2) is 11.5 Å². The number of hydrogen-bond acceptors (Lipinski definition) is 7. The molecule has 0 bridgehead atoms. The summed E-state index contributed by atoms with van der Waals surface area (Å²) in [6.07, 6.45) is 0.202. The molecule has 10 nitrogen and oxygen atoms in total. The number of amides is 2. The number of nitrogens with one attached hydrogen (secondary N) is 1. The van der Waals surface area contributed by atoms with E-state index >= 15 is 0 Å². The molecule has 254 valence electrons. The van der Waals surface area contributed by atoms with Crippen molar-refractivity contribution < 1.29 is 32.2 Å². The number of likely N-dealkylation sites (N-methyl/N-ethyl adjacent to an activating group) is 1. The molecule has 0 spiro atoms. The molecule has 0 aliphatic rings. The summed E-state index contributed by atoms with van der Waals surface area (Å²) < 4.78 is 46.2. The Kier molecular flexibility index (Phi) is 12.3. The standard InChI is InChI=1S/C36H40ClN3O7S/c1-6-38-36(42)31(20-26-12-8-7-9-13-26)39(23-27-14-10-11-25(2)19-27)35(41)24-40(30-21-28(37)15-17-32(30)45-3)48(43,44)29-16-18-33(46-4)34(22-29)47-5/h7-19,21-22,31H,6,20,23-24H2,1-5H3,(H,38,42)/t31-/m1/s1. The van der Waals surface area contributed by atoms with Gasteiger partial charge in [-0.15, -0.1) is 0 Å². The minimum absolute atomic E-state index is 0.0428. The van der Waals surface area contributed by atoms with Crippen LogP contribution in [0.5, 0.6) is 17.2 Å². The first-order valence-corrected chi connectivity index (χ1v) is 17.1. The molecule has 0 heterocycles. The van der Waals surface area contributed by atoms with E-state index in [-0.39, 0.29) is 46.0 Å². The zero-order valence-corrected chi connectivity index (χ0v) is 29.2. The quantitative estimate of drug-likeness (QED) is 0.171. The van der Waals surface area contributed by atoms with E-state index in [0.29, 0.717) is 12.3 Å². The summed E-state index contributed by atoms with van der Waals surface area (Å²) in [6.45, 7) is 3.45. The van der Waals surface area contributed by atoms with E-state index in [1.807, 2.05) is 61.5 Å².